The van der Waals surface area contributed by atoms with Gasteiger partial charge in [0, 0.05) is 6.54 Å². The molecule has 0 bridgehead atoms. The second-order valence-corrected chi connectivity index (χ2v) is 2.92. The van der Waals surface area contributed by atoms with Crippen LogP contribution in [0.4, 0.5) is 0 Å². The first-order chi connectivity index (χ1) is 4.84. The van der Waals surface area contributed by atoms with Crippen molar-refractivity contribution in [3.8, 4) is 0 Å². The third-order valence-corrected chi connectivity index (χ3v) is 2.11. The van der Waals surface area contributed by atoms with Gasteiger partial charge in [-0.15, -0.1) is 0 Å². The van der Waals surface area contributed by atoms with Gasteiger partial charge in [-0.1, -0.05) is 19.8 Å². The van der Waals surface area contributed by atoms with Crippen LogP contribution in [-0.2, 0) is 0 Å². The van der Waals surface area contributed by atoms with Gasteiger partial charge in [0.25, 0.3) is 0 Å². The quantitative estimate of drug-likeness (QED) is 0.611. The summed E-state index contributed by atoms with van der Waals surface area (Å²) in [7, 11) is 0. The Hall–Kier alpha value is -0.0800. The molecule has 1 aliphatic rings. The fraction of sp³-hybridized carbons (Fsp3) is 1.00. The molecule has 0 saturated heterocycles. The standard InChI is InChI=1S/C8H16NO/c1-2-9-7-5-3-4-6-8(7)10/h7-8,10H,2-6H2,1H3. The summed E-state index contributed by atoms with van der Waals surface area (Å²) in [6.45, 7) is 2.88. The molecule has 2 nitrogen and oxygen atoms in total. The molecule has 1 radical (unpaired) electrons. The molecule has 10 heavy (non-hydrogen) atoms. The van der Waals surface area contributed by atoms with Crippen molar-refractivity contribution in [2.75, 3.05) is 6.54 Å². The normalized spacial score (nSPS) is 34.2. The largest absolute Gasteiger partial charge is 0.391 e. The molecule has 59 valence electrons. The van der Waals surface area contributed by atoms with E-state index in [1.807, 2.05) is 6.92 Å². The highest BCUT2D eigenvalue weighted by molar-refractivity contribution is 4.79. The maximum atomic E-state index is 9.41. The van der Waals surface area contributed by atoms with E-state index >= 15 is 0 Å². The minimum Gasteiger partial charge on any atom is -0.391 e. The van der Waals surface area contributed by atoms with Gasteiger partial charge >= 0.3 is 0 Å². The molecular weight excluding hydrogens is 126 g/mol. The molecule has 0 aromatic rings. The highest BCUT2D eigenvalue weighted by Gasteiger charge is 2.22. The minimum atomic E-state index is -0.145. The summed E-state index contributed by atoms with van der Waals surface area (Å²) in [5.74, 6) is 0. The Balaban J connectivity index is 2.25. The van der Waals surface area contributed by atoms with Crippen LogP contribution in [0.5, 0.6) is 0 Å². The van der Waals surface area contributed by atoms with Crippen LogP contribution in [-0.4, -0.2) is 23.8 Å². The molecule has 2 heteroatoms. The molecule has 0 amide bonds. The van der Waals surface area contributed by atoms with E-state index in [-0.39, 0.29) is 12.1 Å². The number of aliphatic hydroxyl groups is 1. The molecule has 1 N–H and O–H groups in total. The molecule has 1 fully saturated rings. The first-order valence-corrected chi connectivity index (χ1v) is 4.19. The summed E-state index contributed by atoms with van der Waals surface area (Å²) >= 11 is 0. The smallest absolute Gasteiger partial charge is 0.0709 e. The van der Waals surface area contributed by atoms with Crippen LogP contribution in [0.25, 0.3) is 0 Å². The van der Waals surface area contributed by atoms with Gasteiger partial charge in [0.1, 0.15) is 0 Å². The topological polar surface area (TPSA) is 34.3 Å². The Labute approximate surface area is 62.6 Å². The lowest BCUT2D eigenvalue weighted by molar-refractivity contribution is 0.0903. The molecular formula is C8H16NO. The molecule has 0 spiro atoms. The maximum absolute atomic E-state index is 9.41. The SMILES string of the molecule is CC[N]C1CCCCC1O. The number of hydrogen-bond donors (Lipinski definition) is 1. The fourth-order valence-corrected chi connectivity index (χ4v) is 1.54. The van der Waals surface area contributed by atoms with E-state index < -0.39 is 0 Å². The zero-order valence-corrected chi connectivity index (χ0v) is 6.58. The summed E-state index contributed by atoms with van der Waals surface area (Å²) in [6.07, 6.45) is 4.32. The van der Waals surface area contributed by atoms with Gasteiger partial charge in [-0.3, -0.25) is 0 Å². The van der Waals surface area contributed by atoms with E-state index in [4.69, 9.17) is 0 Å². The van der Waals surface area contributed by atoms with Crippen LogP contribution in [0.15, 0.2) is 0 Å². The van der Waals surface area contributed by atoms with Crippen molar-refractivity contribution in [1.29, 1.82) is 0 Å². The number of aliphatic hydroxyl groups excluding tert-OH is 1. The lowest BCUT2D eigenvalue weighted by Gasteiger charge is -2.26. The van der Waals surface area contributed by atoms with E-state index in [9.17, 15) is 5.11 Å². The average molecular weight is 142 g/mol. The number of rotatable bonds is 2. The third-order valence-electron chi connectivity index (χ3n) is 2.11. The van der Waals surface area contributed by atoms with Crippen molar-refractivity contribution in [1.82, 2.24) is 5.32 Å². The Kier molecular flexibility index (Phi) is 3.16. The van der Waals surface area contributed by atoms with E-state index in [2.05, 4.69) is 5.32 Å². The van der Waals surface area contributed by atoms with E-state index in [0.29, 0.717) is 0 Å². The van der Waals surface area contributed by atoms with Crippen molar-refractivity contribution in [3.05, 3.63) is 0 Å². The van der Waals surface area contributed by atoms with Crippen molar-refractivity contribution < 1.29 is 5.11 Å². The average Bonchev–Trinajstić information content (AvgIpc) is 1.94. The zero-order chi connectivity index (χ0) is 7.40. The van der Waals surface area contributed by atoms with Gasteiger partial charge in [0.05, 0.1) is 12.1 Å². The predicted molar refractivity (Wildman–Crippen MR) is 40.9 cm³/mol. The molecule has 0 aliphatic heterocycles. The van der Waals surface area contributed by atoms with Crippen molar-refractivity contribution >= 4 is 0 Å². The molecule has 0 heterocycles. The monoisotopic (exact) mass is 142 g/mol. The van der Waals surface area contributed by atoms with E-state index in [0.717, 1.165) is 19.4 Å². The van der Waals surface area contributed by atoms with Crippen LogP contribution in [0.2, 0.25) is 0 Å². The number of likely N-dealkylation sites (N-methyl/N-ethyl adjacent to an activating group) is 1. The summed E-state index contributed by atoms with van der Waals surface area (Å²) in [5.41, 5.74) is 0. The van der Waals surface area contributed by atoms with Crippen LogP contribution >= 0.6 is 0 Å². The van der Waals surface area contributed by atoms with Gasteiger partial charge in [-0.05, 0) is 12.8 Å². The summed E-state index contributed by atoms with van der Waals surface area (Å²) < 4.78 is 0. The van der Waals surface area contributed by atoms with Crippen molar-refractivity contribution in [3.63, 3.8) is 0 Å². The Bertz CT molecular complexity index is 93.3. The number of nitrogens with zero attached hydrogens (tertiary/aromatic N) is 1. The molecule has 1 aliphatic carbocycles. The molecule has 2 unspecified atom stereocenters. The summed E-state index contributed by atoms with van der Waals surface area (Å²) in [4.78, 5) is 0. The minimum absolute atomic E-state index is 0.145. The van der Waals surface area contributed by atoms with Crippen LogP contribution in [0, 0.1) is 0 Å². The van der Waals surface area contributed by atoms with E-state index in [1.54, 1.807) is 0 Å². The second kappa shape index (κ2) is 3.94. The predicted octanol–water partition coefficient (Wildman–Crippen LogP) is 0.914. The third kappa shape index (κ3) is 1.96. The van der Waals surface area contributed by atoms with Gasteiger partial charge < -0.3 is 5.11 Å². The molecule has 1 rings (SSSR count). The first-order valence-electron chi connectivity index (χ1n) is 4.19. The lowest BCUT2D eigenvalue weighted by Crippen LogP contribution is -2.37. The fourth-order valence-electron chi connectivity index (χ4n) is 1.54. The van der Waals surface area contributed by atoms with Gasteiger partial charge in [-0.25, -0.2) is 5.32 Å². The Morgan fingerprint density at radius 1 is 1.40 bits per heavy atom. The van der Waals surface area contributed by atoms with Crippen molar-refractivity contribution in [2.45, 2.75) is 44.8 Å². The highest BCUT2D eigenvalue weighted by atomic mass is 16.3. The first kappa shape index (κ1) is 8.02. The summed E-state index contributed by atoms with van der Waals surface area (Å²) in [6, 6.07) is 0.249. The molecule has 2 atom stereocenters. The molecule has 0 aromatic heterocycles. The molecule has 0 aromatic carbocycles. The second-order valence-electron chi connectivity index (χ2n) is 2.92. The van der Waals surface area contributed by atoms with Gasteiger partial charge in [0.15, 0.2) is 0 Å². The van der Waals surface area contributed by atoms with Gasteiger partial charge in [0.2, 0.25) is 0 Å². The zero-order valence-electron chi connectivity index (χ0n) is 6.58. The molecule has 1 saturated carbocycles. The Morgan fingerprint density at radius 2 is 2.10 bits per heavy atom. The summed E-state index contributed by atoms with van der Waals surface area (Å²) in [5, 5.41) is 13.7. The van der Waals surface area contributed by atoms with Crippen LogP contribution < -0.4 is 5.32 Å². The van der Waals surface area contributed by atoms with Crippen LogP contribution in [0.3, 0.4) is 0 Å². The number of hydrogen-bond acceptors (Lipinski definition) is 1. The Morgan fingerprint density at radius 3 is 2.70 bits per heavy atom. The highest BCUT2D eigenvalue weighted by Crippen LogP contribution is 2.18. The maximum Gasteiger partial charge on any atom is 0.0709 e. The van der Waals surface area contributed by atoms with Gasteiger partial charge in [-0.2, -0.15) is 0 Å². The van der Waals surface area contributed by atoms with E-state index in [1.165, 1.54) is 12.8 Å². The lowest BCUT2D eigenvalue weighted by atomic mass is 9.93. The van der Waals surface area contributed by atoms with Crippen LogP contribution in [0.1, 0.15) is 32.6 Å². The van der Waals surface area contributed by atoms with Crippen molar-refractivity contribution in [2.24, 2.45) is 0 Å².